The van der Waals surface area contributed by atoms with Crippen LogP contribution in [0.25, 0.3) is 6.08 Å². The second-order valence-electron chi connectivity index (χ2n) is 5.23. The van der Waals surface area contributed by atoms with Gasteiger partial charge in [-0.2, -0.15) is 0 Å². The van der Waals surface area contributed by atoms with Crippen molar-refractivity contribution in [3.63, 3.8) is 0 Å². The number of furan rings is 1. The van der Waals surface area contributed by atoms with Crippen LogP contribution in [0.4, 0.5) is 0 Å². The summed E-state index contributed by atoms with van der Waals surface area (Å²) in [5.41, 5.74) is 0.786. The molecule has 0 spiro atoms. The summed E-state index contributed by atoms with van der Waals surface area (Å²) in [5, 5.41) is -0.199. The molecule has 8 heteroatoms. The first-order chi connectivity index (χ1) is 11.8. The van der Waals surface area contributed by atoms with Gasteiger partial charge in [0, 0.05) is 20.2 Å². The minimum atomic E-state index is -3.65. The molecule has 0 aliphatic rings. The lowest BCUT2D eigenvalue weighted by atomic mass is 10.2. The maximum Gasteiger partial charge on any atom is 0.331 e. The maximum atomic E-state index is 11.9. The van der Waals surface area contributed by atoms with Gasteiger partial charge in [0.15, 0.2) is 0 Å². The molecular weight excluding hydrogens is 346 g/mol. The fraction of sp³-hybridized carbons (Fsp3) is 0.235. The summed E-state index contributed by atoms with van der Waals surface area (Å²) in [4.78, 5) is 11.7. The molecule has 0 saturated heterocycles. The van der Waals surface area contributed by atoms with Crippen molar-refractivity contribution in [2.24, 2.45) is 0 Å². The van der Waals surface area contributed by atoms with E-state index in [0.717, 1.165) is 9.87 Å². The van der Waals surface area contributed by atoms with Crippen LogP contribution in [0, 0.1) is 0 Å². The van der Waals surface area contributed by atoms with Crippen molar-refractivity contribution < 1.29 is 27.1 Å². The summed E-state index contributed by atoms with van der Waals surface area (Å²) in [7, 11) is 0.721. The normalized spacial score (nSPS) is 11.8. The quantitative estimate of drug-likeness (QED) is 0.553. The average Bonchev–Trinajstić information content (AvgIpc) is 3.08. The van der Waals surface area contributed by atoms with E-state index in [2.05, 4.69) is 0 Å². The van der Waals surface area contributed by atoms with Gasteiger partial charge in [0.1, 0.15) is 18.1 Å². The summed E-state index contributed by atoms with van der Waals surface area (Å²) in [5.74, 6) is 0.348. The molecule has 7 nitrogen and oxygen atoms in total. The van der Waals surface area contributed by atoms with Crippen LogP contribution in [0.5, 0.6) is 5.75 Å². The zero-order chi connectivity index (χ0) is 18.4. The van der Waals surface area contributed by atoms with E-state index in [1.807, 2.05) is 6.07 Å². The monoisotopic (exact) mass is 365 g/mol. The average molecular weight is 365 g/mol. The zero-order valence-corrected chi connectivity index (χ0v) is 14.9. The Bertz CT molecular complexity index is 867. The van der Waals surface area contributed by atoms with Gasteiger partial charge in [0.25, 0.3) is 10.0 Å². The highest BCUT2D eigenvalue weighted by molar-refractivity contribution is 7.88. The fourth-order valence-electron chi connectivity index (χ4n) is 1.85. The second-order valence-corrected chi connectivity index (χ2v) is 7.31. The molecular formula is C17H19NO6S. The number of rotatable bonds is 7. The fourth-order valence-corrected chi connectivity index (χ4v) is 2.67. The minimum Gasteiger partial charge on any atom is -0.497 e. The topological polar surface area (TPSA) is 86.0 Å². The molecule has 0 atom stereocenters. The zero-order valence-electron chi connectivity index (χ0n) is 14.1. The first kappa shape index (κ1) is 18.8. The van der Waals surface area contributed by atoms with Gasteiger partial charge in [-0.15, -0.1) is 0 Å². The molecule has 0 fully saturated rings. The van der Waals surface area contributed by atoms with E-state index in [-0.39, 0.29) is 17.5 Å². The van der Waals surface area contributed by atoms with E-state index >= 15 is 0 Å². The van der Waals surface area contributed by atoms with E-state index in [1.54, 1.807) is 31.4 Å². The van der Waals surface area contributed by atoms with Crippen LogP contribution in [0.1, 0.15) is 11.3 Å². The Labute approximate surface area is 146 Å². The van der Waals surface area contributed by atoms with Gasteiger partial charge >= 0.3 is 5.97 Å². The van der Waals surface area contributed by atoms with Gasteiger partial charge in [-0.05, 0) is 35.9 Å². The van der Waals surface area contributed by atoms with Crippen molar-refractivity contribution in [3.05, 3.63) is 53.8 Å². The van der Waals surface area contributed by atoms with Gasteiger partial charge in [-0.3, -0.25) is 0 Å². The third-order valence-corrected chi connectivity index (χ3v) is 4.92. The van der Waals surface area contributed by atoms with Crippen molar-refractivity contribution in [3.8, 4) is 5.75 Å². The third kappa shape index (κ3) is 4.94. The van der Waals surface area contributed by atoms with E-state index in [0.29, 0.717) is 5.75 Å². The lowest BCUT2D eigenvalue weighted by Crippen LogP contribution is -2.21. The number of hydrogen-bond donors (Lipinski definition) is 0. The van der Waals surface area contributed by atoms with Crippen LogP contribution in [-0.4, -0.2) is 39.9 Å². The molecule has 0 N–H and O–H groups in total. The van der Waals surface area contributed by atoms with Crippen molar-refractivity contribution in [1.29, 1.82) is 0 Å². The predicted octanol–water partition coefficient (Wildman–Crippen LogP) is 2.30. The van der Waals surface area contributed by atoms with Gasteiger partial charge in [-0.25, -0.2) is 17.5 Å². The molecule has 1 heterocycles. The highest BCUT2D eigenvalue weighted by atomic mass is 32.2. The number of carbonyl (C=O) groups excluding carboxylic acids is 1. The van der Waals surface area contributed by atoms with Crippen LogP contribution in [0.3, 0.4) is 0 Å². The van der Waals surface area contributed by atoms with Crippen molar-refractivity contribution in [2.45, 2.75) is 11.7 Å². The first-order valence-corrected chi connectivity index (χ1v) is 8.77. The molecule has 25 heavy (non-hydrogen) atoms. The summed E-state index contributed by atoms with van der Waals surface area (Å²) < 4.78 is 40.2. The Morgan fingerprint density at radius 2 is 2.00 bits per heavy atom. The number of sulfonamides is 1. The highest BCUT2D eigenvalue weighted by Crippen LogP contribution is 2.18. The number of esters is 1. The largest absolute Gasteiger partial charge is 0.497 e. The van der Waals surface area contributed by atoms with Crippen LogP contribution >= 0.6 is 0 Å². The number of nitrogens with zero attached hydrogens (tertiary/aromatic N) is 1. The van der Waals surface area contributed by atoms with Gasteiger partial charge in [-0.1, -0.05) is 12.1 Å². The second kappa shape index (κ2) is 8.00. The Morgan fingerprint density at radius 3 is 2.68 bits per heavy atom. The molecule has 0 aliphatic carbocycles. The van der Waals surface area contributed by atoms with Gasteiger partial charge in [0.2, 0.25) is 5.09 Å². The number of hydrogen-bond acceptors (Lipinski definition) is 6. The molecule has 0 aliphatic heterocycles. The van der Waals surface area contributed by atoms with Gasteiger partial charge < -0.3 is 13.9 Å². The molecule has 1 aromatic carbocycles. The molecule has 0 unspecified atom stereocenters. The lowest BCUT2D eigenvalue weighted by Gasteiger charge is -2.07. The maximum absolute atomic E-state index is 11.9. The third-order valence-electron chi connectivity index (χ3n) is 3.23. The van der Waals surface area contributed by atoms with E-state index in [9.17, 15) is 13.2 Å². The highest BCUT2D eigenvalue weighted by Gasteiger charge is 2.21. The van der Waals surface area contributed by atoms with E-state index in [1.165, 1.54) is 32.3 Å². The SMILES string of the molecule is COc1cccc(/C=C/C(=O)OCc2ccc(S(=O)(=O)N(C)C)o2)c1. The Kier molecular flexibility index (Phi) is 6.00. The van der Waals surface area contributed by atoms with Crippen LogP contribution in [0.2, 0.25) is 0 Å². The number of ether oxygens (including phenoxy) is 2. The summed E-state index contributed by atoms with van der Waals surface area (Å²) in [6.45, 7) is -0.162. The number of benzene rings is 1. The Hall–Kier alpha value is -2.58. The Morgan fingerprint density at radius 1 is 1.24 bits per heavy atom. The number of carbonyl (C=O) groups is 1. The van der Waals surface area contributed by atoms with Crippen molar-refractivity contribution in [1.82, 2.24) is 4.31 Å². The predicted molar refractivity (Wildman–Crippen MR) is 91.4 cm³/mol. The molecule has 0 radical (unpaired) electrons. The molecule has 0 bridgehead atoms. The molecule has 2 aromatic rings. The summed E-state index contributed by atoms with van der Waals surface area (Å²) >= 11 is 0. The molecule has 2 rings (SSSR count). The molecule has 0 saturated carbocycles. The first-order valence-electron chi connectivity index (χ1n) is 7.33. The molecule has 1 aromatic heterocycles. The minimum absolute atomic E-state index is 0.162. The number of methoxy groups -OCH3 is 1. The smallest absolute Gasteiger partial charge is 0.331 e. The van der Waals surface area contributed by atoms with Crippen LogP contribution in [-0.2, 0) is 26.2 Å². The van der Waals surface area contributed by atoms with Gasteiger partial charge in [0.05, 0.1) is 7.11 Å². The Balaban J connectivity index is 1.94. The van der Waals surface area contributed by atoms with Crippen LogP contribution < -0.4 is 4.74 Å². The summed E-state index contributed by atoms with van der Waals surface area (Å²) in [6, 6.07) is 9.97. The van der Waals surface area contributed by atoms with E-state index in [4.69, 9.17) is 13.9 Å². The van der Waals surface area contributed by atoms with E-state index < -0.39 is 16.0 Å². The van der Waals surface area contributed by atoms with Crippen molar-refractivity contribution in [2.75, 3.05) is 21.2 Å². The molecule has 134 valence electrons. The van der Waals surface area contributed by atoms with Crippen LogP contribution in [0.15, 0.2) is 52.0 Å². The summed E-state index contributed by atoms with van der Waals surface area (Å²) in [6.07, 6.45) is 2.87. The standard InChI is InChI=1S/C17H19NO6S/c1-18(2)25(20,21)17-10-8-15(24-17)12-23-16(19)9-7-13-5-4-6-14(11-13)22-3/h4-11H,12H2,1-3H3/b9-7+. The van der Waals surface area contributed by atoms with Crippen molar-refractivity contribution >= 4 is 22.1 Å². The lowest BCUT2D eigenvalue weighted by molar-refractivity contribution is -0.139. The molecule has 0 amide bonds.